The molecule has 0 unspecified atom stereocenters. The molecule has 4 rings (SSSR count). The van der Waals surface area contributed by atoms with Gasteiger partial charge >= 0.3 is 0 Å². The van der Waals surface area contributed by atoms with E-state index in [9.17, 15) is 4.55 Å². The quantitative estimate of drug-likeness (QED) is 0.534. The summed E-state index contributed by atoms with van der Waals surface area (Å²) < 4.78 is 29.0. The summed E-state index contributed by atoms with van der Waals surface area (Å²) in [6, 6.07) is 14.2. The predicted octanol–water partition coefficient (Wildman–Crippen LogP) is 6.03. The van der Waals surface area contributed by atoms with Crippen LogP contribution >= 0.6 is 0 Å². The fraction of sp³-hybridized carbons (Fsp3) is 0.500. The number of hydrogen-bond donors (Lipinski definition) is 0. The number of fused-ring (bicyclic) bond motifs is 1. The van der Waals surface area contributed by atoms with Crippen molar-refractivity contribution in [2.24, 2.45) is 9.81 Å². The molecule has 1 atom stereocenters. The second-order valence-electron chi connectivity index (χ2n) is 9.74. The molecular formula is C26H33NO3S. The monoisotopic (exact) mass is 439 g/mol. The molecule has 166 valence electrons. The van der Waals surface area contributed by atoms with Crippen LogP contribution in [0, 0.1) is 5.41 Å². The van der Waals surface area contributed by atoms with Gasteiger partial charge in [0.15, 0.2) is 0 Å². The van der Waals surface area contributed by atoms with Crippen LogP contribution in [-0.2, 0) is 24.4 Å². The van der Waals surface area contributed by atoms with Gasteiger partial charge in [0.2, 0.25) is 0 Å². The van der Waals surface area contributed by atoms with Gasteiger partial charge in [-0.3, -0.25) is 0 Å². The van der Waals surface area contributed by atoms with Gasteiger partial charge in [-0.2, -0.15) is 0 Å². The van der Waals surface area contributed by atoms with E-state index in [1.165, 1.54) is 24.8 Å². The number of ether oxygens (including phenoxy) is 2. The van der Waals surface area contributed by atoms with Gasteiger partial charge in [0.05, 0.1) is 7.11 Å². The second kappa shape index (κ2) is 8.87. The number of hydrogen-bond acceptors (Lipinski definition) is 4. The van der Waals surface area contributed by atoms with E-state index in [1.807, 2.05) is 51.1 Å². The summed E-state index contributed by atoms with van der Waals surface area (Å²) >= 11 is -1.27. The molecule has 0 aliphatic heterocycles. The summed E-state index contributed by atoms with van der Waals surface area (Å²) in [5, 5.41) is 0. The molecule has 0 bridgehead atoms. The zero-order valence-corrected chi connectivity index (χ0v) is 19.9. The van der Waals surface area contributed by atoms with Gasteiger partial charge < -0.3 is 14.0 Å². The first-order valence-corrected chi connectivity index (χ1v) is 12.3. The number of methoxy groups -OCH3 is 1. The van der Waals surface area contributed by atoms with Crippen molar-refractivity contribution in [3.63, 3.8) is 0 Å². The summed E-state index contributed by atoms with van der Waals surface area (Å²) in [4.78, 5) is 0. The molecule has 1 fully saturated rings. The van der Waals surface area contributed by atoms with Gasteiger partial charge in [-0.05, 0) is 63.8 Å². The van der Waals surface area contributed by atoms with Crippen LogP contribution in [0.4, 0.5) is 0 Å². The third kappa shape index (κ3) is 4.63. The standard InChI is InChI=1S/C26H33NO3S/c1-25(2,3)31(28)27-24-21-9-8-10-23(22(21)17-26(24)15-6-5-7-16-26)30-18-19-11-13-20(29-4)14-12-19/h8-14H,5-7,15-18H2,1-4H3/b27-24+/t31-/m1/s1. The maximum atomic E-state index is 13.0. The molecule has 5 heteroatoms. The Morgan fingerprint density at radius 1 is 1.03 bits per heavy atom. The van der Waals surface area contributed by atoms with E-state index in [-0.39, 0.29) is 10.2 Å². The highest BCUT2D eigenvalue weighted by Crippen LogP contribution is 2.50. The molecule has 2 aliphatic carbocycles. The van der Waals surface area contributed by atoms with E-state index >= 15 is 0 Å². The van der Waals surface area contributed by atoms with Crippen molar-refractivity contribution in [1.29, 1.82) is 0 Å². The first kappa shape index (κ1) is 22.2. The smallest absolute Gasteiger partial charge is 0.144 e. The molecule has 31 heavy (non-hydrogen) atoms. The predicted molar refractivity (Wildman–Crippen MR) is 127 cm³/mol. The molecule has 0 N–H and O–H groups in total. The Labute approximate surface area is 189 Å². The first-order valence-electron chi connectivity index (χ1n) is 11.2. The maximum absolute atomic E-state index is 13.0. The molecule has 2 aromatic carbocycles. The summed E-state index contributed by atoms with van der Waals surface area (Å²) in [6.07, 6.45) is 6.84. The third-order valence-electron chi connectivity index (χ3n) is 6.47. The van der Waals surface area contributed by atoms with Gasteiger partial charge in [0.1, 0.15) is 39.9 Å². The summed E-state index contributed by atoms with van der Waals surface area (Å²) in [5.41, 5.74) is 4.51. The third-order valence-corrected chi connectivity index (χ3v) is 7.86. The number of nitrogens with zero attached hydrogens (tertiary/aromatic N) is 1. The van der Waals surface area contributed by atoms with Gasteiger partial charge in [0.25, 0.3) is 0 Å². The minimum absolute atomic E-state index is 0.00106. The van der Waals surface area contributed by atoms with Crippen molar-refractivity contribution in [1.82, 2.24) is 0 Å². The van der Waals surface area contributed by atoms with Crippen molar-refractivity contribution in [3.05, 3.63) is 59.2 Å². The Bertz CT molecular complexity index is 940. The molecule has 0 heterocycles. The molecule has 2 aromatic rings. The van der Waals surface area contributed by atoms with E-state index in [4.69, 9.17) is 13.9 Å². The van der Waals surface area contributed by atoms with E-state index in [2.05, 4.69) is 12.1 Å². The topological polar surface area (TPSA) is 53.9 Å². The first-order chi connectivity index (χ1) is 14.8. The zero-order chi connectivity index (χ0) is 22.1. The summed E-state index contributed by atoms with van der Waals surface area (Å²) in [5.74, 6) is 1.77. The highest BCUT2D eigenvalue weighted by molar-refractivity contribution is 7.91. The van der Waals surface area contributed by atoms with E-state index in [0.29, 0.717) is 6.61 Å². The van der Waals surface area contributed by atoms with Crippen LogP contribution in [0.2, 0.25) is 0 Å². The van der Waals surface area contributed by atoms with Gasteiger partial charge in [-0.1, -0.05) is 47.9 Å². The average Bonchev–Trinajstić information content (AvgIpc) is 3.05. The van der Waals surface area contributed by atoms with Crippen molar-refractivity contribution in [3.8, 4) is 11.5 Å². The Morgan fingerprint density at radius 3 is 2.39 bits per heavy atom. The summed E-state index contributed by atoms with van der Waals surface area (Å²) in [6.45, 7) is 6.48. The van der Waals surface area contributed by atoms with Crippen LogP contribution in [-0.4, -0.2) is 22.1 Å². The van der Waals surface area contributed by atoms with Crippen LogP contribution < -0.4 is 9.47 Å². The van der Waals surface area contributed by atoms with Crippen LogP contribution in [0.25, 0.3) is 0 Å². The molecule has 0 amide bonds. The normalized spacial score (nSPS) is 20.0. The molecule has 4 nitrogen and oxygen atoms in total. The van der Waals surface area contributed by atoms with Gasteiger partial charge in [-0.15, -0.1) is 0 Å². The lowest BCUT2D eigenvalue weighted by atomic mass is 9.71. The average molecular weight is 440 g/mol. The minimum Gasteiger partial charge on any atom is -0.591 e. The zero-order valence-electron chi connectivity index (χ0n) is 19.1. The van der Waals surface area contributed by atoms with E-state index in [1.54, 1.807) is 7.11 Å². The highest BCUT2D eigenvalue weighted by atomic mass is 32.2. The molecule has 0 radical (unpaired) electrons. The number of benzene rings is 2. The van der Waals surface area contributed by atoms with Crippen molar-refractivity contribution in [2.75, 3.05) is 7.11 Å². The lowest BCUT2D eigenvalue weighted by Crippen LogP contribution is -2.34. The molecule has 0 aromatic heterocycles. The van der Waals surface area contributed by atoms with Crippen LogP contribution in [0.15, 0.2) is 46.9 Å². The fourth-order valence-electron chi connectivity index (χ4n) is 4.70. The molecule has 0 saturated heterocycles. The second-order valence-corrected chi connectivity index (χ2v) is 11.6. The van der Waals surface area contributed by atoms with Crippen LogP contribution in [0.5, 0.6) is 11.5 Å². The molecule has 1 saturated carbocycles. The van der Waals surface area contributed by atoms with Crippen LogP contribution in [0.1, 0.15) is 69.6 Å². The Morgan fingerprint density at radius 2 is 1.74 bits per heavy atom. The Hall–Kier alpha value is -1.98. The van der Waals surface area contributed by atoms with Crippen molar-refractivity contribution in [2.45, 2.75) is 70.7 Å². The van der Waals surface area contributed by atoms with Gasteiger partial charge in [0, 0.05) is 16.5 Å². The van der Waals surface area contributed by atoms with Crippen molar-refractivity contribution >= 4 is 17.1 Å². The molecule has 1 spiro atoms. The maximum Gasteiger partial charge on any atom is 0.144 e. The van der Waals surface area contributed by atoms with E-state index in [0.717, 1.165) is 47.6 Å². The largest absolute Gasteiger partial charge is 0.591 e. The van der Waals surface area contributed by atoms with Crippen LogP contribution in [0.3, 0.4) is 0 Å². The molecule has 2 aliphatic rings. The lowest BCUT2D eigenvalue weighted by molar-refractivity contribution is 0.278. The Balaban J connectivity index is 1.65. The Kier molecular flexibility index (Phi) is 6.36. The fourth-order valence-corrected chi connectivity index (χ4v) is 5.44. The summed E-state index contributed by atoms with van der Waals surface area (Å²) in [7, 11) is 1.67. The highest BCUT2D eigenvalue weighted by Gasteiger charge is 2.47. The number of rotatable bonds is 5. The van der Waals surface area contributed by atoms with Gasteiger partial charge in [-0.25, -0.2) is 0 Å². The van der Waals surface area contributed by atoms with E-state index < -0.39 is 11.4 Å². The SMILES string of the molecule is COc1ccc(COc2cccc3c2CC2(CCCCC2)/C3=N/[S@+]([O-])C(C)(C)C)cc1. The lowest BCUT2D eigenvalue weighted by Gasteiger charge is -2.34. The minimum atomic E-state index is -1.27. The molecular weight excluding hydrogens is 406 g/mol. The van der Waals surface area contributed by atoms with Crippen molar-refractivity contribution < 1.29 is 14.0 Å².